The lowest BCUT2D eigenvalue weighted by molar-refractivity contribution is -0.123. The molecule has 19 heavy (non-hydrogen) atoms. The Bertz CT molecular complexity index is 615. The number of hydrogen-bond acceptors (Lipinski definition) is 3. The maximum Gasteiger partial charge on any atom is 0.242 e. The summed E-state index contributed by atoms with van der Waals surface area (Å²) in [7, 11) is 3.47. The van der Waals surface area contributed by atoms with Gasteiger partial charge in [-0.1, -0.05) is 6.92 Å². The highest BCUT2D eigenvalue weighted by Gasteiger charge is 2.24. The highest BCUT2D eigenvalue weighted by Crippen LogP contribution is 2.24. The van der Waals surface area contributed by atoms with Gasteiger partial charge in [0.1, 0.15) is 17.4 Å². The summed E-state index contributed by atoms with van der Waals surface area (Å²) < 4.78 is 3.62. The van der Waals surface area contributed by atoms with Crippen LogP contribution in [0.3, 0.4) is 0 Å². The molecule has 0 spiro atoms. The van der Waals surface area contributed by atoms with Gasteiger partial charge in [0.05, 0.1) is 11.6 Å². The lowest BCUT2D eigenvalue weighted by atomic mass is 10.3. The first-order valence-corrected chi connectivity index (χ1v) is 6.78. The van der Waals surface area contributed by atoms with E-state index in [-0.39, 0.29) is 17.8 Å². The van der Waals surface area contributed by atoms with E-state index in [0.717, 1.165) is 23.3 Å². The van der Waals surface area contributed by atoms with Gasteiger partial charge in [0, 0.05) is 14.1 Å². The quantitative estimate of drug-likeness (QED) is 0.862. The molecule has 104 valence electrons. The standard InChI is InChI=1S/C12H18ClN5O/c1-5-8-10-12(17(4)16-8)18(9(6-13)15-10)7(2)11(19)14-3/h7H,5-6H2,1-4H3,(H,14,19). The molecule has 6 nitrogen and oxygen atoms in total. The number of imidazole rings is 1. The van der Waals surface area contributed by atoms with Crippen molar-refractivity contribution in [1.29, 1.82) is 0 Å². The van der Waals surface area contributed by atoms with Crippen molar-refractivity contribution >= 4 is 28.7 Å². The van der Waals surface area contributed by atoms with Gasteiger partial charge >= 0.3 is 0 Å². The number of alkyl halides is 1. The first-order valence-electron chi connectivity index (χ1n) is 6.25. The molecule has 0 saturated carbocycles. The molecule has 0 fully saturated rings. The molecule has 2 aromatic heterocycles. The fourth-order valence-corrected chi connectivity index (χ4v) is 2.50. The zero-order valence-electron chi connectivity index (χ0n) is 11.6. The summed E-state index contributed by atoms with van der Waals surface area (Å²) in [6, 6.07) is -0.371. The number of carbonyl (C=O) groups is 1. The van der Waals surface area contributed by atoms with Crippen LogP contribution in [0.25, 0.3) is 11.2 Å². The van der Waals surface area contributed by atoms with Crippen molar-refractivity contribution in [2.24, 2.45) is 7.05 Å². The second-order valence-corrected chi connectivity index (χ2v) is 4.69. The second-order valence-electron chi connectivity index (χ2n) is 4.42. The number of nitrogens with zero attached hydrogens (tertiary/aromatic N) is 4. The van der Waals surface area contributed by atoms with E-state index in [9.17, 15) is 4.79 Å². The fraction of sp³-hybridized carbons (Fsp3) is 0.583. The normalized spacial score (nSPS) is 12.9. The lowest BCUT2D eigenvalue weighted by Crippen LogP contribution is -2.29. The van der Waals surface area contributed by atoms with Gasteiger partial charge in [-0.3, -0.25) is 14.0 Å². The highest BCUT2D eigenvalue weighted by atomic mass is 35.5. The molecular weight excluding hydrogens is 266 g/mol. The Labute approximate surface area is 116 Å². The zero-order valence-corrected chi connectivity index (χ0v) is 12.3. The molecule has 1 unspecified atom stereocenters. The van der Waals surface area contributed by atoms with Gasteiger partial charge in [-0.15, -0.1) is 11.6 Å². The molecule has 0 aromatic carbocycles. The Morgan fingerprint density at radius 2 is 2.21 bits per heavy atom. The van der Waals surface area contributed by atoms with Crippen LogP contribution in [-0.4, -0.2) is 32.3 Å². The van der Waals surface area contributed by atoms with E-state index in [2.05, 4.69) is 15.4 Å². The van der Waals surface area contributed by atoms with Crippen molar-refractivity contribution in [3.8, 4) is 0 Å². The third kappa shape index (κ3) is 2.10. The highest BCUT2D eigenvalue weighted by molar-refractivity contribution is 6.16. The maximum atomic E-state index is 11.9. The summed E-state index contributed by atoms with van der Waals surface area (Å²) in [6.07, 6.45) is 0.796. The molecule has 0 saturated heterocycles. The minimum Gasteiger partial charge on any atom is -0.357 e. The van der Waals surface area contributed by atoms with E-state index < -0.39 is 0 Å². The van der Waals surface area contributed by atoms with E-state index in [1.807, 2.05) is 25.5 Å². The number of carbonyl (C=O) groups excluding carboxylic acids is 1. The summed E-state index contributed by atoms with van der Waals surface area (Å²) in [4.78, 5) is 16.4. The number of fused-ring (bicyclic) bond motifs is 1. The van der Waals surface area contributed by atoms with Crippen molar-refractivity contribution in [3.05, 3.63) is 11.5 Å². The average molecular weight is 284 g/mol. The van der Waals surface area contributed by atoms with Crippen molar-refractivity contribution in [3.63, 3.8) is 0 Å². The first-order chi connectivity index (χ1) is 9.04. The van der Waals surface area contributed by atoms with Gasteiger partial charge in [-0.2, -0.15) is 5.10 Å². The smallest absolute Gasteiger partial charge is 0.242 e. The van der Waals surface area contributed by atoms with Crippen LogP contribution in [0.2, 0.25) is 0 Å². The lowest BCUT2D eigenvalue weighted by Gasteiger charge is -2.15. The van der Waals surface area contributed by atoms with Gasteiger partial charge < -0.3 is 5.32 Å². The van der Waals surface area contributed by atoms with Crippen LogP contribution < -0.4 is 5.32 Å². The molecule has 0 radical (unpaired) electrons. The molecule has 1 atom stereocenters. The fourth-order valence-electron chi connectivity index (χ4n) is 2.31. The third-order valence-electron chi connectivity index (χ3n) is 3.28. The van der Waals surface area contributed by atoms with Crippen molar-refractivity contribution in [1.82, 2.24) is 24.6 Å². The van der Waals surface area contributed by atoms with Crippen molar-refractivity contribution < 1.29 is 4.79 Å². The third-order valence-corrected chi connectivity index (χ3v) is 3.52. The molecule has 0 aliphatic heterocycles. The molecule has 0 aliphatic rings. The van der Waals surface area contributed by atoms with Crippen molar-refractivity contribution in [2.45, 2.75) is 32.2 Å². The van der Waals surface area contributed by atoms with E-state index >= 15 is 0 Å². The largest absolute Gasteiger partial charge is 0.357 e. The summed E-state index contributed by atoms with van der Waals surface area (Å²) in [5, 5.41) is 7.08. The average Bonchev–Trinajstić information content (AvgIpc) is 2.94. The number of aromatic nitrogens is 4. The molecule has 7 heteroatoms. The second kappa shape index (κ2) is 5.21. The van der Waals surface area contributed by atoms with Gasteiger partial charge in [0.2, 0.25) is 5.91 Å². The predicted molar refractivity (Wildman–Crippen MR) is 74.2 cm³/mol. The SMILES string of the molecule is CCc1nn(C)c2c1nc(CCl)n2C(C)C(=O)NC. The van der Waals surface area contributed by atoms with Gasteiger partial charge in [0.25, 0.3) is 0 Å². The summed E-state index contributed by atoms with van der Waals surface area (Å²) in [5.41, 5.74) is 2.59. The molecule has 2 rings (SSSR count). The Balaban J connectivity index is 2.70. The van der Waals surface area contributed by atoms with Crippen LogP contribution in [0.1, 0.15) is 31.4 Å². The van der Waals surface area contributed by atoms with Crippen LogP contribution in [0.5, 0.6) is 0 Å². The zero-order chi connectivity index (χ0) is 14.2. The van der Waals surface area contributed by atoms with E-state index in [1.165, 1.54) is 0 Å². The Morgan fingerprint density at radius 1 is 1.53 bits per heavy atom. The molecule has 0 bridgehead atoms. The van der Waals surface area contributed by atoms with Crippen LogP contribution in [0.4, 0.5) is 0 Å². The topological polar surface area (TPSA) is 64.7 Å². The minimum absolute atomic E-state index is 0.0788. The minimum atomic E-state index is -0.371. The van der Waals surface area contributed by atoms with E-state index in [1.54, 1.807) is 11.7 Å². The van der Waals surface area contributed by atoms with Crippen LogP contribution in [0, 0.1) is 0 Å². The molecule has 1 N–H and O–H groups in total. The van der Waals surface area contributed by atoms with Gasteiger partial charge in [-0.05, 0) is 13.3 Å². The molecular formula is C12H18ClN5O. The summed E-state index contributed by atoms with van der Waals surface area (Å²) in [6.45, 7) is 3.86. The predicted octanol–water partition coefficient (Wildman–Crippen LogP) is 1.38. The molecule has 0 aliphatic carbocycles. The number of nitrogens with one attached hydrogen (secondary N) is 1. The Morgan fingerprint density at radius 3 is 2.74 bits per heavy atom. The molecule has 2 aromatic rings. The number of hydrogen-bond donors (Lipinski definition) is 1. The molecule has 1 amide bonds. The number of amides is 1. The summed E-state index contributed by atoms with van der Waals surface area (Å²) >= 11 is 5.96. The van der Waals surface area contributed by atoms with Crippen LogP contribution in [-0.2, 0) is 24.1 Å². The Hall–Kier alpha value is -1.56. The van der Waals surface area contributed by atoms with Gasteiger partial charge in [-0.25, -0.2) is 4.98 Å². The molecule has 2 heterocycles. The number of halogens is 1. The van der Waals surface area contributed by atoms with E-state index in [4.69, 9.17) is 11.6 Å². The van der Waals surface area contributed by atoms with E-state index in [0.29, 0.717) is 5.82 Å². The summed E-state index contributed by atoms with van der Waals surface area (Å²) in [5.74, 6) is 0.875. The monoisotopic (exact) mass is 283 g/mol. The number of aryl methyl sites for hydroxylation is 2. The number of likely N-dealkylation sites (N-methyl/N-ethyl adjacent to an activating group) is 1. The first kappa shape index (κ1) is 13.9. The number of rotatable bonds is 4. The van der Waals surface area contributed by atoms with Crippen LogP contribution >= 0.6 is 11.6 Å². The van der Waals surface area contributed by atoms with Crippen molar-refractivity contribution in [2.75, 3.05) is 7.05 Å². The van der Waals surface area contributed by atoms with Crippen LogP contribution in [0.15, 0.2) is 0 Å². The Kier molecular flexibility index (Phi) is 3.80. The maximum absolute atomic E-state index is 11.9. The van der Waals surface area contributed by atoms with Gasteiger partial charge in [0.15, 0.2) is 5.65 Å².